The number of carbonyl (C=O) groups is 3. The first-order valence-corrected chi connectivity index (χ1v) is 10.4. The summed E-state index contributed by atoms with van der Waals surface area (Å²) in [6, 6.07) is 14.3. The van der Waals surface area contributed by atoms with E-state index in [1.165, 1.54) is 6.07 Å². The van der Waals surface area contributed by atoms with Gasteiger partial charge in [-0.3, -0.25) is 4.79 Å². The highest BCUT2D eigenvalue weighted by atomic mass is 19.4. The van der Waals surface area contributed by atoms with Crippen LogP contribution in [0.15, 0.2) is 65.1 Å². The highest BCUT2D eigenvalue weighted by Gasteiger charge is 2.46. The van der Waals surface area contributed by atoms with Gasteiger partial charge in [0.2, 0.25) is 11.8 Å². The molecular formula is C24H19F3N2O6. The summed E-state index contributed by atoms with van der Waals surface area (Å²) >= 11 is 0. The third-order valence-corrected chi connectivity index (χ3v) is 5.50. The topological polar surface area (TPSA) is 118 Å². The van der Waals surface area contributed by atoms with Gasteiger partial charge in [0.15, 0.2) is 0 Å². The lowest BCUT2D eigenvalue weighted by Crippen LogP contribution is -2.55. The van der Waals surface area contributed by atoms with E-state index in [2.05, 4.69) is 0 Å². The lowest BCUT2D eigenvalue weighted by Gasteiger charge is -2.21. The van der Waals surface area contributed by atoms with E-state index >= 15 is 0 Å². The van der Waals surface area contributed by atoms with Crippen LogP contribution in [0.2, 0.25) is 0 Å². The van der Waals surface area contributed by atoms with Gasteiger partial charge in [0.1, 0.15) is 12.4 Å². The van der Waals surface area contributed by atoms with Crippen molar-refractivity contribution in [2.75, 3.05) is 6.61 Å². The number of benzene rings is 2. The third-order valence-electron chi connectivity index (χ3n) is 5.50. The summed E-state index contributed by atoms with van der Waals surface area (Å²) in [4.78, 5) is 35.2. The molecule has 3 N–H and O–H groups in total. The molecule has 1 aliphatic rings. The van der Waals surface area contributed by atoms with Gasteiger partial charge < -0.3 is 24.9 Å². The number of nitrogens with one attached hydrogen (secondary N) is 2. The van der Waals surface area contributed by atoms with Crippen LogP contribution >= 0.6 is 0 Å². The Kier molecular flexibility index (Phi) is 6.50. The SMILES string of the molecule is O=C(NC(C(=O)NCc1ccc(C(=O)O)o1)C(F)(F)F)OCC1c2ccccc2-c2ccccc21. The number of furan rings is 1. The summed E-state index contributed by atoms with van der Waals surface area (Å²) in [7, 11) is 0. The zero-order valence-corrected chi connectivity index (χ0v) is 18.0. The minimum absolute atomic E-state index is 0.0715. The zero-order chi connectivity index (χ0) is 25.2. The molecule has 2 amide bonds. The molecule has 1 atom stereocenters. The Hall–Kier alpha value is -4.28. The fraction of sp³-hybridized carbons (Fsp3) is 0.208. The Labute approximate surface area is 196 Å². The van der Waals surface area contributed by atoms with Crippen LogP contribution in [-0.4, -0.2) is 41.9 Å². The standard InChI is InChI=1S/C24H19F3N2O6/c25-24(26,27)20(21(30)28-11-13-9-10-19(35-13)22(31)32)29-23(33)34-12-18-16-7-3-1-5-14(16)15-6-2-4-8-17(15)18/h1-10,18,20H,11-12H2,(H,28,30)(H,29,33)(H,31,32). The molecule has 1 aromatic heterocycles. The highest BCUT2D eigenvalue weighted by Crippen LogP contribution is 2.44. The number of alkyl carbamates (subject to hydrolysis) is 1. The Bertz CT molecular complexity index is 1220. The number of fused-ring (bicyclic) bond motifs is 3. The van der Waals surface area contributed by atoms with Crippen LogP contribution < -0.4 is 10.6 Å². The predicted molar refractivity (Wildman–Crippen MR) is 116 cm³/mol. The van der Waals surface area contributed by atoms with E-state index in [1.807, 2.05) is 53.8 Å². The van der Waals surface area contributed by atoms with E-state index in [1.54, 1.807) is 5.32 Å². The molecule has 0 radical (unpaired) electrons. The number of hydrogen-bond donors (Lipinski definition) is 3. The maximum absolute atomic E-state index is 13.5. The van der Waals surface area contributed by atoms with Crippen molar-refractivity contribution in [1.82, 2.24) is 10.6 Å². The number of rotatable bonds is 7. The van der Waals surface area contributed by atoms with Crippen molar-refractivity contribution in [2.45, 2.75) is 24.7 Å². The molecule has 1 heterocycles. The molecule has 0 saturated carbocycles. The monoisotopic (exact) mass is 488 g/mol. The molecule has 11 heteroatoms. The Balaban J connectivity index is 1.39. The van der Waals surface area contributed by atoms with Crippen LogP contribution in [0.4, 0.5) is 18.0 Å². The van der Waals surface area contributed by atoms with Gasteiger partial charge in [-0.25, -0.2) is 9.59 Å². The summed E-state index contributed by atoms with van der Waals surface area (Å²) in [5, 5.41) is 12.4. The van der Waals surface area contributed by atoms with Gasteiger partial charge in [0, 0.05) is 5.92 Å². The van der Waals surface area contributed by atoms with Crippen molar-refractivity contribution in [3.8, 4) is 11.1 Å². The maximum Gasteiger partial charge on any atom is 0.417 e. The summed E-state index contributed by atoms with van der Waals surface area (Å²) in [6.07, 6.45) is -6.51. The summed E-state index contributed by atoms with van der Waals surface area (Å²) in [6.45, 7) is -0.735. The van der Waals surface area contributed by atoms with Gasteiger partial charge >= 0.3 is 18.2 Å². The van der Waals surface area contributed by atoms with Crippen molar-refractivity contribution < 1.29 is 41.8 Å². The van der Waals surface area contributed by atoms with Crippen molar-refractivity contribution in [1.29, 1.82) is 0 Å². The number of carbonyl (C=O) groups excluding carboxylic acids is 2. The number of amides is 2. The van der Waals surface area contributed by atoms with Crippen LogP contribution in [0.5, 0.6) is 0 Å². The van der Waals surface area contributed by atoms with E-state index in [9.17, 15) is 27.6 Å². The third kappa shape index (κ3) is 5.13. The predicted octanol–water partition coefficient (Wildman–Crippen LogP) is 4.06. The first-order chi connectivity index (χ1) is 16.6. The fourth-order valence-corrected chi connectivity index (χ4v) is 3.92. The molecule has 35 heavy (non-hydrogen) atoms. The average Bonchev–Trinajstić information content (AvgIpc) is 3.42. The lowest BCUT2D eigenvalue weighted by atomic mass is 9.98. The fourth-order valence-electron chi connectivity index (χ4n) is 3.92. The molecule has 1 aliphatic carbocycles. The van der Waals surface area contributed by atoms with Gasteiger partial charge in [-0.05, 0) is 34.4 Å². The largest absolute Gasteiger partial charge is 0.475 e. The normalized spacial score (nSPS) is 13.5. The second-order valence-corrected chi connectivity index (χ2v) is 7.73. The Morgan fingerprint density at radius 2 is 1.57 bits per heavy atom. The maximum atomic E-state index is 13.5. The molecule has 0 spiro atoms. The van der Waals surface area contributed by atoms with Crippen LogP contribution in [0.25, 0.3) is 11.1 Å². The van der Waals surface area contributed by atoms with Gasteiger partial charge in [-0.1, -0.05) is 48.5 Å². The number of ether oxygens (including phenoxy) is 1. The van der Waals surface area contributed by atoms with Gasteiger partial charge in [0.25, 0.3) is 5.91 Å². The molecule has 0 aliphatic heterocycles. The van der Waals surface area contributed by atoms with Gasteiger partial charge in [0.05, 0.1) is 6.54 Å². The number of alkyl halides is 3. The average molecular weight is 488 g/mol. The number of aromatic carboxylic acids is 1. The number of halogens is 3. The van der Waals surface area contributed by atoms with Crippen LogP contribution in [0, 0.1) is 0 Å². The molecule has 3 aromatic rings. The van der Waals surface area contributed by atoms with Gasteiger partial charge in [-0.15, -0.1) is 0 Å². The van der Waals surface area contributed by atoms with E-state index in [0.717, 1.165) is 28.3 Å². The number of carboxylic acids is 1. The van der Waals surface area contributed by atoms with Crippen molar-refractivity contribution in [3.63, 3.8) is 0 Å². The van der Waals surface area contributed by atoms with E-state index in [4.69, 9.17) is 14.3 Å². The number of carboxylic acid groups (broad SMARTS) is 1. The molecule has 8 nitrogen and oxygen atoms in total. The minimum atomic E-state index is -5.11. The number of hydrogen-bond acceptors (Lipinski definition) is 5. The van der Waals surface area contributed by atoms with Crippen LogP contribution in [0.3, 0.4) is 0 Å². The van der Waals surface area contributed by atoms with Crippen molar-refractivity contribution in [3.05, 3.63) is 83.3 Å². The quantitative estimate of drug-likeness (QED) is 0.462. The smallest absolute Gasteiger partial charge is 0.417 e. The second-order valence-electron chi connectivity index (χ2n) is 7.73. The van der Waals surface area contributed by atoms with Crippen LogP contribution in [-0.2, 0) is 16.1 Å². The first-order valence-electron chi connectivity index (χ1n) is 10.4. The summed E-state index contributed by atoms with van der Waals surface area (Å²) in [5.41, 5.74) is 3.67. The molecule has 2 aromatic carbocycles. The van der Waals surface area contributed by atoms with E-state index in [0.29, 0.717) is 0 Å². The highest BCUT2D eigenvalue weighted by molar-refractivity contribution is 5.87. The molecular weight excluding hydrogens is 469 g/mol. The molecule has 4 rings (SSSR count). The Morgan fingerprint density at radius 1 is 0.971 bits per heavy atom. The zero-order valence-electron chi connectivity index (χ0n) is 18.0. The van der Waals surface area contributed by atoms with Crippen molar-refractivity contribution >= 4 is 18.0 Å². The molecule has 1 unspecified atom stereocenters. The van der Waals surface area contributed by atoms with Crippen LogP contribution in [0.1, 0.15) is 33.4 Å². The summed E-state index contributed by atoms with van der Waals surface area (Å²) < 4.78 is 50.4. The second kappa shape index (κ2) is 9.53. The molecule has 0 bridgehead atoms. The molecule has 182 valence electrons. The first kappa shape index (κ1) is 23.9. The minimum Gasteiger partial charge on any atom is -0.475 e. The molecule has 0 saturated heterocycles. The summed E-state index contributed by atoms with van der Waals surface area (Å²) in [5.74, 6) is -3.79. The van der Waals surface area contributed by atoms with E-state index < -0.39 is 42.5 Å². The van der Waals surface area contributed by atoms with Crippen molar-refractivity contribution in [2.24, 2.45) is 0 Å². The Morgan fingerprint density at radius 3 is 2.11 bits per heavy atom. The van der Waals surface area contributed by atoms with Gasteiger partial charge in [-0.2, -0.15) is 13.2 Å². The lowest BCUT2D eigenvalue weighted by molar-refractivity contribution is -0.167. The molecule has 0 fully saturated rings. The van der Waals surface area contributed by atoms with E-state index in [-0.39, 0.29) is 18.3 Å².